The number of aromatic nitrogens is 6. The number of halogens is 1. The lowest BCUT2D eigenvalue weighted by Crippen LogP contribution is -2.24. The summed E-state index contributed by atoms with van der Waals surface area (Å²) in [5.41, 5.74) is 3.82. The van der Waals surface area contributed by atoms with Crippen LogP contribution in [0.15, 0.2) is 65.8 Å². The van der Waals surface area contributed by atoms with Gasteiger partial charge in [-0.3, -0.25) is 4.68 Å². The second-order valence-electron chi connectivity index (χ2n) is 13.2. The van der Waals surface area contributed by atoms with Crippen molar-refractivity contribution in [3.63, 3.8) is 0 Å². The smallest absolute Gasteiger partial charge is 0.232 e. The summed E-state index contributed by atoms with van der Waals surface area (Å²) in [6.07, 6.45) is 7.89. The molecule has 2 fully saturated rings. The number of anilines is 4. The molecule has 14 heteroatoms. The van der Waals surface area contributed by atoms with E-state index in [1.165, 1.54) is 11.9 Å². The third-order valence-electron chi connectivity index (χ3n) is 9.47. The quantitative estimate of drug-likeness (QED) is 0.128. The van der Waals surface area contributed by atoms with Crippen LogP contribution in [0.2, 0.25) is 0 Å². The van der Waals surface area contributed by atoms with Crippen LogP contribution in [0.3, 0.4) is 0 Å². The Balaban J connectivity index is 1.39. The Morgan fingerprint density at radius 2 is 1.88 bits per heavy atom. The molecule has 1 aliphatic heterocycles. The lowest BCUT2D eigenvalue weighted by molar-refractivity contribution is -0.0405. The van der Waals surface area contributed by atoms with Gasteiger partial charge in [-0.15, -0.1) is 0 Å². The fourth-order valence-electron chi connectivity index (χ4n) is 6.48. The number of rotatable bonds is 12. The lowest BCUT2D eigenvalue weighted by Gasteiger charge is -2.28. The van der Waals surface area contributed by atoms with E-state index in [0.717, 1.165) is 61.1 Å². The van der Waals surface area contributed by atoms with Gasteiger partial charge in [0.15, 0.2) is 21.9 Å². The van der Waals surface area contributed by atoms with Gasteiger partial charge in [0, 0.05) is 58.0 Å². The van der Waals surface area contributed by atoms with Gasteiger partial charge in [-0.25, -0.2) is 22.5 Å². The number of hydrogen-bond acceptors (Lipinski definition) is 10. The summed E-state index contributed by atoms with van der Waals surface area (Å²) < 4.78 is 104. The Bertz CT molecular complexity index is 2380. The zero-order chi connectivity index (χ0) is 41.7. The highest BCUT2D eigenvalue weighted by molar-refractivity contribution is 7.92. The maximum absolute atomic E-state index is 16.2. The fraction of sp³-hybridized carbons (Fsp3) is 0.421. The first kappa shape index (κ1) is 28.7. The van der Waals surface area contributed by atoms with E-state index in [-0.39, 0.29) is 23.8 Å². The first-order valence-electron chi connectivity index (χ1n) is 20.1. The van der Waals surface area contributed by atoms with E-state index >= 15 is 4.39 Å². The van der Waals surface area contributed by atoms with Crippen molar-refractivity contribution in [2.24, 2.45) is 7.05 Å². The van der Waals surface area contributed by atoms with E-state index in [0.29, 0.717) is 47.9 Å². The highest BCUT2D eigenvalue weighted by Gasteiger charge is 2.36. The van der Waals surface area contributed by atoms with Gasteiger partial charge in [0.1, 0.15) is 17.4 Å². The first-order valence-corrected chi connectivity index (χ1v) is 18.7. The molecule has 1 saturated carbocycles. The lowest BCUT2D eigenvalue weighted by atomic mass is 10.0. The highest BCUT2D eigenvalue weighted by atomic mass is 32.2. The summed E-state index contributed by atoms with van der Waals surface area (Å²) >= 11 is 0. The predicted molar refractivity (Wildman–Crippen MR) is 198 cm³/mol. The van der Waals surface area contributed by atoms with Gasteiger partial charge < -0.3 is 19.3 Å². The molecule has 2 aromatic carbocycles. The van der Waals surface area contributed by atoms with Crippen molar-refractivity contribution in [2.45, 2.75) is 81.6 Å². The fourth-order valence-corrected chi connectivity index (χ4v) is 7.28. The third kappa shape index (κ3) is 7.01. The third-order valence-corrected chi connectivity index (χ3v) is 11.0. The molecule has 1 saturated heterocycles. The summed E-state index contributed by atoms with van der Waals surface area (Å²) in [6, 6.07) is 12.4. The van der Waals surface area contributed by atoms with Gasteiger partial charge in [-0.2, -0.15) is 15.2 Å². The molecule has 0 bridgehead atoms. The number of sulfone groups is 1. The molecule has 12 nitrogen and oxygen atoms in total. The second kappa shape index (κ2) is 14.3. The number of ether oxygens (including phenoxy) is 2. The second-order valence-corrected chi connectivity index (χ2v) is 15.3. The molecule has 1 unspecified atom stereocenters. The van der Waals surface area contributed by atoms with Gasteiger partial charge >= 0.3 is 0 Å². The molecule has 3 aromatic heterocycles. The summed E-state index contributed by atoms with van der Waals surface area (Å²) in [7, 11) is -0.123. The van der Waals surface area contributed by atoms with Crippen LogP contribution in [0.25, 0.3) is 11.3 Å². The van der Waals surface area contributed by atoms with Crippen molar-refractivity contribution in [3.05, 3.63) is 83.6 Å². The number of hydrogen-bond donors (Lipinski definition) is 0. The van der Waals surface area contributed by atoms with Crippen LogP contribution in [0.1, 0.15) is 83.0 Å². The molecule has 274 valence electrons. The van der Waals surface area contributed by atoms with E-state index < -0.39 is 39.5 Å². The van der Waals surface area contributed by atoms with Crippen LogP contribution in [-0.4, -0.2) is 64.0 Å². The molecular weight excluding hydrogens is 684 g/mol. The van der Waals surface area contributed by atoms with E-state index in [2.05, 4.69) is 5.10 Å². The molecule has 0 radical (unpaired) electrons. The molecule has 0 N–H and O–H groups in total. The highest BCUT2D eigenvalue weighted by Crippen LogP contribution is 2.50. The van der Waals surface area contributed by atoms with Crippen molar-refractivity contribution >= 4 is 33.1 Å². The maximum Gasteiger partial charge on any atom is 0.232 e. The van der Waals surface area contributed by atoms with Gasteiger partial charge in [0.2, 0.25) is 5.95 Å². The minimum Gasteiger partial charge on any atom is -0.497 e. The Hall–Kier alpha value is -4.82. The van der Waals surface area contributed by atoms with Gasteiger partial charge in [-0.05, 0) is 94.5 Å². The number of nitrogens with zero attached hydrogens (tertiary/aromatic N) is 8. The number of methoxy groups -OCH3 is 1. The van der Waals surface area contributed by atoms with Crippen molar-refractivity contribution in [1.29, 1.82) is 0 Å². The topological polar surface area (TPSA) is 121 Å². The minimum atomic E-state index is -5.04. The zero-order valence-corrected chi connectivity index (χ0v) is 30.3. The van der Waals surface area contributed by atoms with Crippen LogP contribution in [0.4, 0.5) is 27.7 Å². The molecule has 52 heavy (non-hydrogen) atoms. The molecule has 1 aliphatic carbocycles. The zero-order valence-electron chi connectivity index (χ0n) is 35.5. The van der Waals surface area contributed by atoms with Crippen LogP contribution in [0.5, 0.6) is 5.75 Å². The molecule has 5 aromatic rings. The Kier molecular flexibility index (Phi) is 7.90. The predicted octanol–water partition coefficient (Wildman–Crippen LogP) is 7.39. The van der Waals surface area contributed by atoms with Crippen molar-refractivity contribution in [1.82, 2.24) is 29.5 Å². The average Bonchev–Trinajstić information content (AvgIpc) is 3.80. The van der Waals surface area contributed by atoms with E-state index in [4.69, 9.17) is 32.8 Å². The van der Waals surface area contributed by atoms with Gasteiger partial charge in [0.05, 0.1) is 41.4 Å². The van der Waals surface area contributed by atoms with E-state index in [9.17, 15) is 8.42 Å². The van der Waals surface area contributed by atoms with Crippen molar-refractivity contribution < 1.29 is 30.5 Å². The molecular formula is C38H45FN8O4S. The molecule has 7 rings (SSSR count). The average molecular weight is 735 g/mol. The van der Waals surface area contributed by atoms with Gasteiger partial charge in [0.25, 0.3) is 0 Å². The van der Waals surface area contributed by atoms with Crippen molar-refractivity contribution in [2.75, 3.05) is 30.6 Å². The minimum absolute atomic E-state index is 0.0575. The molecule has 2 aliphatic rings. The van der Waals surface area contributed by atoms with E-state index in [1.807, 2.05) is 53.0 Å². The van der Waals surface area contributed by atoms with Crippen molar-refractivity contribution in [3.8, 4) is 17.0 Å². The van der Waals surface area contributed by atoms with Crippen LogP contribution >= 0.6 is 0 Å². The normalized spacial score (nSPS) is 18.5. The van der Waals surface area contributed by atoms with E-state index in [1.54, 1.807) is 25.0 Å². The molecule has 4 heterocycles. The number of aryl methyl sites for hydroxylation is 2. The summed E-state index contributed by atoms with van der Waals surface area (Å²) in [4.78, 5) is 12.7. The molecule has 0 spiro atoms. The monoisotopic (exact) mass is 734 g/mol. The standard InChI is InChI=1S/C38H45FN8O4S/c1-24(2)52(48,49)30-16-17-32(31(39)20-30)45(5)38-41-36(28-21-40-44(4)23-28)35(27-12-13-27)37(42-38)46(22-26-10-14-29(50-6)15-11-26)33-19-25(3)47(43-33)34-9-7-8-18-51-34/h10-11,14-17,19-21,23-24,27,34H,7-9,12-13,18,22H2,1-6H3/i1D3,2D3. The largest absolute Gasteiger partial charge is 0.497 e. The summed E-state index contributed by atoms with van der Waals surface area (Å²) in [5.74, 6) is 0.922. The molecule has 1 atom stereocenters. The summed E-state index contributed by atoms with van der Waals surface area (Å²) in [5, 5.41) is 6.76. The van der Waals surface area contributed by atoms with Crippen LogP contribution < -0.4 is 14.5 Å². The SMILES string of the molecule is [2H]C([2H])([2H])C(C([2H])([2H])[2H])S(=O)(=O)c1ccc(N(C)c2nc(-c3cnn(C)c3)c(C3CC3)c(N(Cc3ccc(OC)cc3)c3cc(C)n(C4CCCCO4)n3)n2)c(F)c1. The summed E-state index contributed by atoms with van der Waals surface area (Å²) in [6.45, 7) is -3.86. The van der Waals surface area contributed by atoms with Gasteiger partial charge in [-0.1, -0.05) is 12.1 Å². The van der Waals surface area contributed by atoms with Crippen LogP contribution in [-0.2, 0) is 28.2 Å². The molecule has 0 amide bonds. The Morgan fingerprint density at radius 1 is 1.10 bits per heavy atom. The Morgan fingerprint density at radius 3 is 2.52 bits per heavy atom. The van der Waals surface area contributed by atoms with Crippen LogP contribution in [0, 0.1) is 12.7 Å². The number of benzene rings is 2. The first-order chi connectivity index (χ1) is 27.4. The maximum atomic E-state index is 16.2. The Labute approximate surface area is 312 Å².